The normalized spacial score (nSPS) is 11.7. The predicted octanol–water partition coefficient (Wildman–Crippen LogP) is 3.69. The first-order valence-corrected chi connectivity index (χ1v) is 11.5. The van der Waals surface area contributed by atoms with Gasteiger partial charge in [-0.15, -0.1) is 0 Å². The van der Waals surface area contributed by atoms with E-state index in [0.29, 0.717) is 17.0 Å². The van der Waals surface area contributed by atoms with Crippen LogP contribution in [0.3, 0.4) is 0 Å². The smallest absolute Gasteiger partial charge is 0.411 e. The lowest BCUT2D eigenvalue weighted by Gasteiger charge is -2.09. The summed E-state index contributed by atoms with van der Waals surface area (Å²) < 4.78 is 32.7. The molecule has 0 fully saturated rings. The van der Waals surface area contributed by atoms with E-state index in [1.54, 1.807) is 6.07 Å². The Kier molecular flexibility index (Phi) is 5.38. The van der Waals surface area contributed by atoms with E-state index in [1.165, 1.54) is 7.11 Å². The van der Waals surface area contributed by atoms with Gasteiger partial charge in [0.25, 0.3) is 0 Å². The third-order valence-corrected chi connectivity index (χ3v) is 5.71. The van der Waals surface area contributed by atoms with Gasteiger partial charge in [-0.3, -0.25) is 5.32 Å². The Morgan fingerprint density at radius 2 is 1.94 bits per heavy atom. The molecule has 31 heavy (non-hydrogen) atoms. The second kappa shape index (κ2) is 8.01. The number of methoxy groups -OCH3 is 1. The largest absolute Gasteiger partial charge is 0.453 e. The minimum atomic E-state index is -3.40. The van der Waals surface area contributed by atoms with Crippen LogP contribution in [0.15, 0.2) is 54.7 Å². The molecule has 4 aromatic rings. The van der Waals surface area contributed by atoms with Crippen LogP contribution in [-0.2, 0) is 21.3 Å². The highest BCUT2D eigenvalue weighted by Crippen LogP contribution is 2.31. The first kappa shape index (κ1) is 20.8. The van der Waals surface area contributed by atoms with E-state index in [9.17, 15) is 13.2 Å². The quantitative estimate of drug-likeness (QED) is 0.495. The fourth-order valence-corrected chi connectivity index (χ4v) is 3.94. The molecule has 4 rings (SSSR count). The fourth-order valence-electron chi connectivity index (χ4n) is 3.54. The Hall–Kier alpha value is -3.43. The Labute approximate surface area is 179 Å². The van der Waals surface area contributed by atoms with Crippen LogP contribution in [0, 0.1) is 6.92 Å². The molecule has 0 saturated heterocycles. The van der Waals surface area contributed by atoms with E-state index in [1.807, 2.05) is 60.0 Å². The summed E-state index contributed by atoms with van der Waals surface area (Å²) in [6.45, 7) is 2.08. The SMILES string of the molecule is COC(=O)Nc1ccc2ccn3c(CNS(C)(=O)=O)c(-c4ccccc4C)nc3c2c1. The molecule has 0 spiro atoms. The van der Waals surface area contributed by atoms with Crippen molar-refractivity contribution in [3.8, 4) is 11.3 Å². The lowest BCUT2D eigenvalue weighted by molar-refractivity contribution is 0.187. The summed E-state index contributed by atoms with van der Waals surface area (Å²) in [5.41, 5.74) is 4.62. The Bertz CT molecular complexity index is 1410. The van der Waals surface area contributed by atoms with E-state index in [-0.39, 0.29) is 6.54 Å². The van der Waals surface area contributed by atoms with Gasteiger partial charge in [0.2, 0.25) is 10.0 Å². The van der Waals surface area contributed by atoms with E-state index in [4.69, 9.17) is 4.98 Å². The summed E-state index contributed by atoms with van der Waals surface area (Å²) in [6, 6.07) is 15.3. The van der Waals surface area contributed by atoms with Crippen molar-refractivity contribution >= 4 is 38.2 Å². The number of nitrogens with one attached hydrogen (secondary N) is 2. The summed E-state index contributed by atoms with van der Waals surface area (Å²) in [4.78, 5) is 16.5. The first-order valence-electron chi connectivity index (χ1n) is 9.56. The highest BCUT2D eigenvalue weighted by molar-refractivity contribution is 7.88. The van der Waals surface area contributed by atoms with Gasteiger partial charge in [-0.05, 0) is 36.1 Å². The van der Waals surface area contributed by atoms with E-state index in [0.717, 1.165) is 33.8 Å². The number of nitrogens with zero attached hydrogens (tertiary/aromatic N) is 2. The van der Waals surface area contributed by atoms with Gasteiger partial charge in [0.15, 0.2) is 0 Å². The van der Waals surface area contributed by atoms with Gasteiger partial charge in [0.05, 0.1) is 31.3 Å². The molecule has 2 aromatic heterocycles. The van der Waals surface area contributed by atoms with Crippen molar-refractivity contribution in [1.29, 1.82) is 0 Å². The second-order valence-electron chi connectivity index (χ2n) is 7.24. The molecule has 8 nitrogen and oxygen atoms in total. The molecule has 2 N–H and O–H groups in total. The Balaban J connectivity index is 1.96. The van der Waals surface area contributed by atoms with Crippen molar-refractivity contribution < 1.29 is 17.9 Å². The molecule has 0 aliphatic heterocycles. The zero-order valence-electron chi connectivity index (χ0n) is 17.3. The van der Waals surface area contributed by atoms with Gasteiger partial charge in [0, 0.05) is 22.8 Å². The number of aryl methyl sites for hydroxylation is 1. The zero-order chi connectivity index (χ0) is 22.2. The summed E-state index contributed by atoms with van der Waals surface area (Å²) in [6.07, 6.45) is 2.44. The van der Waals surface area contributed by atoms with E-state index < -0.39 is 16.1 Å². The number of amides is 1. The van der Waals surface area contributed by atoms with Crippen LogP contribution in [-0.4, -0.2) is 37.3 Å². The lowest BCUT2D eigenvalue weighted by Crippen LogP contribution is -2.22. The number of hydrogen-bond donors (Lipinski definition) is 2. The van der Waals surface area contributed by atoms with Crippen LogP contribution in [0.2, 0.25) is 0 Å². The van der Waals surface area contributed by atoms with E-state index >= 15 is 0 Å². The average molecular weight is 439 g/mol. The summed E-state index contributed by atoms with van der Waals surface area (Å²) in [5, 5.41) is 4.42. The average Bonchev–Trinajstić information content (AvgIpc) is 3.10. The first-order chi connectivity index (χ1) is 14.8. The Morgan fingerprint density at radius 3 is 2.65 bits per heavy atom. The van der Waals surface area contributed by atoms with Crippen LogP contribution in [0.25, 0.3) is 27.7 Å². The number of benzene rings is 2. The number of carbonyl (C=O) groups is 1. The molecule has 1 amide bonds. The van der Waals surface area contributed by atoms with Crippen LogP contribution < -0.4 is 10.0 Å². The number of sulfonamides is 1. The van der Waals surface area contributed by atoms with E-state index in [2.05, 4.69) is 14.8 Å². The van der Waals surface area contributed by atoms with Crippen LogP contribution in [0.5, 0.6) is 0 Å². The van der Waals surface area contributed by atoms with Crippen LogP contribution >= 0.6 is 0 Å². The number of ether oxygens (including phenoxy) is 1. The lowest BCUT2D eigenvalue weighted by atomic mass is 10.0. The summed E-state index contributed by atoms with van der Waals surface area (Å²) in [7, 11) is -2.09. The predicted molar refractivity (Wildman–Crippen MR) is 121 cm³/mol. The highest BCUT2D eigenvalue weighted by atomic mass is 32.2. The number of pyridine rings is 1. The van der Waals surface area contributed by atoms with Gasteiger partial charge in [-0.1, -0.05) is 30.3 Å². The minimum Gasteiger partial charge on any atom is -0.453 e. The van der Waals surface area contributed by atoms with Crippen molar-refractivity contribution in [1.82, 2.24) is 14.1 Å². The standard InChI is InChI=1S/C22H22N4O4S/c1-14-6-4-5-7-17(14)20-19(13-23-31(3,28)29)26-11-10-15-8-9-16(24-22(27)30-2)12-18(15)21(26)25-20/h4-12,23H,13H2,1-3H3,(H,24,27). The zero-order valence-corrected chi connectivity index (χ0v) is 18.2. The topological polar surface area (TPSA) is 102 Å². The molecule has 0 aliphatic carbocycles. The number of aromatic nitrogens is 2. The molecular formula is C22H22N4O4S. The van der Waals surface area contributed by atoms with Crippen LogP contribution in [0.1, 0.15) is 11.3 Å². The van der Waals surface area contributed by atoms with Crippen molar-refractivity contribution in [3.05, 3.63) is 66.0 Å². The van der Waals surface area contributed by atoms with Gasteiger partial charge in [-0.2, -0.15) is 0 Å². The van der Waals surface area contributed by atoms with Crippen LogP contribution in [0.4, 0.5) is 10.5 Å². The molecule has 0 atom stereocenters. The highest BCUT2D eigenvalue weighted by Gasteiger charge is 2.18. The fraction of sp³-hybridized carbons (Fsp3) is 0.182. The molecule has 2 heterocycles. The third-order valence-electron chi connectivity index (χ3n) is 5.04. The number of anilines is 1. The molecule has 0 bridgehead atoms. The molecule has 0 saturated carbocycles. The van der Waals surface area contributed by atoms with Crippen molar-refractivity contribution in [2.45, 2.75) is 13.5 Å². The number of fused-ring (bicyclic) bond motifs is 3. The molecular weight excluding hydrogens is 416 g/mol. The second-order valence-corrected chi connectivity index (χ2v) is 9.08. The third kappa shape index (κ3) is 4.23. The van der Waals surface area contributed by atoms with Gasteiger partial charge >= 0.3 is 6.09 Å². The molecule has 0 aliphatic rings. The number of imidazole rings is 1. The molecule has 160 valence electrons. The van der Waals surface area contributed by atoms with Gasteiger partial charge in [-0.25, -0.2) is 22.9 Å². The van der Waals surface area contributed by atoms with Crippen molar-refractivity contribution in [2.75, 3.05) is 18.7 Å². The minimum absolute atomic E-state index is 0.0925. The molecule has 2 aromatic carbocycles. The molecule has 0 radical (unpaired) electrons. The maximum Gasteiger partial charge on any atom is 0.411 e. The number of hydrogen-bond acceptors (Lipinski definition) is 5. The van der Waals surface area contributed by atoms with Gasteiger partial charge in [0.1, 0.15) is 5.65 Å². The summed E-state index contributed by atoms with van der Waals surface area (Å²) in [5.74, 6) is 0. The van der Waals surface area contributed by atoms with Crippen molar-refractivity contribution in [3.63, 3.8) is 0 Å². The van der Waals surface area contributed by atoms with Crippen molar-refractivity contribution in [2.24, 2.45) is 0 Å². The number of rotatable bonds is 5. The maximum absolute atomic E-state index is 11.8. The van der Waals surface area contributed by atoms with Gasteiger partial charge < -0.3 is 9.14 Å². The molecule has 9 heteroatoms. The molecule has 0 unspecified atom stereocenters. The monoisotopic (exact) mass is 438 g/mol. The maximum atomic E-state index is 11.8. The summed E-state index contributed by atoms with van der Waals surface area (Å²) >= 11 is 0. The Morgan fingerprint density at radius 1 is 1.16 bits per heavy atom. The number of carbonyl (C=O) groups excluding carboxylic acids is 1.